The summed E-state index contributed by atoms with van der Waals surface area (Å²) in [5.41, 5.74) is 2.01. The second kappa shape index (κ2) is 14.6. The number of hydrogen-bond donors (Lipinski definition) is 3. The number of amides is 2. The molecule has 0 bridgehead atoms. The van der Waals surface area contributed by atoms with Crippen molar-refractivity contribution in [2.45, 2.75) is 124 Å². The minimum absolute atomic E-state index is 0.0653. The fraction of sp³-hybridized carbons (Fsp3) is 0.733. The van der Waals surface area contributed by atoms with E-state index in [0.29, 0.717) is 13.0 Å². The summed E-state index contributed by atoms with van der Waals surface area (Å²) >= 11 is 0. The molecule has 6 nitrogen and oxygen atoms in total. The van der Waals surface area contributed by atoms with E-state index in [1.165, 1.54) is 11.1 Å². The topological polar surface area (TPSA) is 87.7 Å². The Morgan fingerprint density at radius 2 is 1.61 bits per heavy atom. The maximum atomic E-state index is 12.6. The Labute approximate surface area is 220 Å². The average molecular weight is 505 g/mol. The van der Waals surface area contributed by atoms with Crippen molar-refractivity contribution in [2.24, 2.45) is 11.8 Å². The zero-order valence-corrected chi connectivity index (χ0v) is 24.2. The van der Waals surface area contributed by atoms with Crippen molar-refractivity contribution in [1.29, 1.82) is 0 Å². The molecule has 0 spiro atoms. The van der Waals surface area contributed by atoms with Crippen molar-refractivity contribution < 1.29 is 19.4 Å². The summed E-state index contributed by atoms with van der Waals surface area (Å²) < 4.78 is 5.47. The number of benzene rings is 1. The van der Waals surface area contributed by atoms with Crippen molar-refractivity contribution in [3.63, 3.8) is 0 Å². The summed E-state index contributed by atoms with van der Waals surface area (Å²) in [6.07, 6.45) is 3.17. The Morgan fingerprint density at radius 1 is 1.00 bits per heavy atom. The van der Waals surface area contributed by atoms with Gasteiger partial charge in [0.05, 0.1) is 12.1 Å². The number of aliphatic hydroxyl groups excluding tert-OH is 1. The zero-order valence-electron chi connectivity index (χ0n) is 24.2. The molecule has 6 heteroatoms. The number of unbranched alkanes of at least 4 members (excludes halogenated alkanes) is 1. The van der Waals surface area contributed by atoms with Crippen LogP contribution in [0.5, 0.6) is 0 Å². The SMILES string of the molecule is CCCCNC(=O)C(C)C[C@H](O)[C@H](C[C@@H](CC)Cc1ccc(C(C)(C)C)cc1)NC(=O)OC(C)(C)C. The van der Waals surface area contributed by atoms with Gasteiger partial charge in [-0.15, -0.1) is 0 Å². The Hall–Kier alpha value is -2.08. The molecule has 1 rings (SSSR count). The number of carbonyl (C=O) groups is 2. The average Bonchev–Trinajstić information content (AvgIpc) is 2.76. The monoisotopic (exact) mass is 504 g/mol. The molecule has 0 heterocycles. The van der Waals surface area contributed by atoms with E-state index in [0.717, 1.165) is 25.7 Å². The van der Waals surface area contributed by atoms with Crippen LogP contribution in [0.2, 0.25) is 0 Å². The highest BCUT2D eigenvalue weighted by atomic mass is 16.6. The van der Waals surface area contributed by atoms with Crippen LogP contribution in [0.4, 0.5) is 4.79 Å². The van der Waals surface area contributed by atoms with Crippen molar-refractivity contribution >= 4 is 12.0 Å². The second-order valence-corrected chi connectivity index (χ2v) is 12.3. The molecule has 0 aliphatic carbocycles. The fourth-order valence-corrected chi connectivity index (χ4v) is 4.19. The second-order valence-electron chi connectivity index (χ2n) is 12.3. The zero-order chi connectivity index (χ0) is 27.5. The first-order valence-corrected chi connectivity index (χ1v) is 13.7. The molecule has 0 aliphatic rings. The number of alkyl carbamates (subject to hydrolysis) is 1. The molecule has 2 amide bonds. The molecule has 4 atom stereocenters. The highest BCUT2D eigenvalue weighted by molar-refractivity contribution is 5.78. The highest BCUT2D eigenvalue weighted by Crippen LogP contribution is 2.25. The maximum absolute atomic E-state index is 12.6. The molecule has 3 N–H and O–H groups in total. The molecule has 0 aromatic heterocycles. The molecular weight excluding hydrogens is 452 g/mol. The summed E-state index contributed by atoms with van der Waals surface area (Å²) in [5.74, 6) is -0.164. The summed E-state index contributed by atoms with van der Waals surface area (Å²) in [5, 5.41) is 17.0. The van der Waals surface area contributed by atoms with Gasteiger partial charge >= 0.3 is 6.09 Å². The number of rotatable bonds is 13. The highest BCUT2D eigenvalue weighted by Gasteiger charge is 2.29. The van der Waals surface area contributed by atoms with Crippen LogP contribution in [0.15, 0.2) is 24.3 Å². The van der Waals surface area contributed by atoms with E-state index in [-0.39, 0.29) is 29.6 Å². The van der Waals surface area contributed by atoms with Gasteiger partial charge in [0.2, 0.25) is 5.91 Å². The van der Waals surface area contributed by atoms with Crippen LogP contribution in [-0.4, -0.2) is 41.4 Å². The Bertz CT molecular complexity index is 793. The lowest BCUT2D eigenvalue weighted by molar-refractivity contribution is -0.125. The van der Waals surface area contributed by atoms with Crippen molar-refractivity contribution in [2.75, 3.05) is 6.54 Å². The molecular formula is C30H52N2O4. The van der Waals surface area contributed by atoms with Crippen LogP contribution in [-0.2, 0) is 21.4 Å². The van der Waals surface area contributed by atoms with Crippen LogP contribution >= 0.6 is 0 Å². The summed E-state index contributed by atoms with van der Waals surface area (Å²) in [7, 11) is 0. The van der Waals surface area contributed by atoms with Crippen LogP contribution in [0.3, 0.4) is 0 Å². The molecule has 1 aromatic carbocycles. The molecule has 1 aromatic rings. The van der Waals surface area contributed by atoms with E-state index in [1.807, 2.05) is 27.7 Å². The summed E-state index contributed by atoms with van der Waals surface area (Å²) in [6, 6.07) is 8.22. The number of aliphatic hydroxyl groups is 1. The first-order chi connectivity index (χ1) is 16.7. The van der Waals surface area contributed by atoms with Gasteiger partial charge in [-0.1, -0.05) is 78.6 Å². The van der Waals surface area contributed by atoms with E-state index in [4.69, 9.17) is 4.74 Å². The van der Waals surface area contributed by atoms with Gasteiger partial charge in [0, 0.05) is 12.5 Å². The van der Waals surface area contributed by atoms with E-state index in [2.05, 4.69) is 69.5 Å². The molecule has 0 radical (unpaired) electrons. The number of hydrogen-bond acceptors (Lipinski definition) is 4. The number of nitrogens with one attached hydrogen (secondary N) is 2. The predicted molar refractivity (Wildman–Crippen MR) is 148 cm³/mol. The lowest BCUT2D eigenvalue weighted by atomic mass is 9.84. The van der Waals surface area contributed by atoms with Crippen molar-refractivity contribution in [3.05, 3.63) is 35.4 Å². The van der Waals surface area contributed by atoms with E-state index >= 15 is 0 Å². The Kier molecular flexibility index (Phi) is 13.0. The Morgan fingerprint density at radius 3 is 2.11 bits per heavy atom. The minimum atomic E-state index is -0.859. The molecule has 36 heavy (non-hydrogen) atoms. The molecule has 1 unspecified atom stereocenters. The van der Waals surface area contributed by atoms with Crippen molar-refractivity contribution in [1.82, 2.24) is 10.6 Å². The lowest BCUT2D eigenvalue weighted by Crippen LogP contribution is -2.47. The van der Waals surface area contributed by atoms with Crippen LogP contribution in [0, 0.1) is 11.8 Å². The van der Waals surface area contributed by atoms with Gasteiger partial charge in [-0.3, -0.25) is 4.79 Å². The predicted octanol–water partition coefficient (Wildman–Crippen LogP) is 6.14. The standard InChI is InChI=1S/C30H52N2O4/c1-10-12-17-31-27(34)21(3)18-26(33)25(32-28(35)36-30(7,8)9)20-22(11-2)19-23-13-15-24(16-14-23)29(4,5)6/h13-16,21-22,25-26,33H,10-12,17-20H2,1-9H3,(H,31,34)(H,32,35)/t21?,22-,25-,26-/m0/s1. The summed E-state index contributed by atoms with van der Waals surface area (Å²) in [6.45, 7) is 18.7. The van der Waals surface area contributed by atoms with Gasteiger partial charge in [0.1, 0.15) is 5.60 Å². The smallest absolute Gasteiger partial charge is 0.407 e. The van der Waals surface area contributed by atoms with E-state index < -0.39 is 23.8 Å². The third-order valence-electron chi connectivity index (χ3n) is 6.55. The van der Waals surface area contributed by atoms with E-state index in [9.17, 15) is 14.7 Å². The normalized spacial score (nSPS) is 15.5. The number of carbonyl (C=O) groups excluding carboxylic acids is 2. The van der Waals surface area contributed by atoms with Gasteiger partial charge < -0.3 is 20.5 Å². The quantitative estimate of drug-likeness (QED) is 0.282. The fourth-order valence-electron chi connectivity index (χ4n) is 4.19. The Balaban J connectivity index is 2.94. The molecule has 0 saturated carbocycles. The largest absolute Gasteiger partial charge is 0.444 e. The number of ether oxygens (including phenoxy) is 1. The van der Waals surface area contributed by atoms with Gasteiger partial charge in [0.15, 0.2) is 0 Å². The lowest BCUT2D eigenvalue weighted by Gasteiger charge is -2.30. The van der Waals surface area contributed by atoms with Gasteiger partial charge in [-0.05, 0) is 68.9 Å². The molecule has 0 aliphatic heterocycles. The third kappa shape index (κ3) is 12.2. The molecule has 206 valence electrons. The van der Waals surface area contributed by atoms with Gasteiger partial charge in [-0.25, -0.2) is 4.79 Å². The van der Waals surface area contributed by atoms with Crippen LogP contribution in [0.1, 0.15) is 106 Å². The van der Waals surface area contributed by atoms with Crippen molar-refractivity contribution in [3.8, 4) is 0 Å². The van der Waals surface area contributed by atoms with Crippen LogP contribution in [0.25, 0.3) is 0 Å². The maximum Gasteiger partial charge on any atom is 0.407 e. The first-order valence-electron chi connectivity index (χ1n) is 13.7. The van der Waals surface area contributed by atoms with Crippen LogP contribution < -0.4 is 10.6 Å². The minimum Gasteiger partial charge on any atom is -0.444 e. The molecule has 0 saturated heterocycles. The first kappa shape index (κ1) is 31.9. The van der Waals surface area contributed by atoms with Gasteiger partial charge in [0.25, 0.3) is 0 Å². The van der Waals surface area contributed by atoms with Gasteiger partial charge in [-0.2, -0.15) is 0 Å². The molecule has 0 fully saturated rings. The van der Waals surface area contributed by atoms with E-state index in [1.54, 1.807) is 0 Å². The third-order valence-corrected chi connectivity index (χ3v) is 6.55. The summed E-state index contributed by atoms with van der Waals surface area (Å²) in [4.78, 5) is 25.1.